The monoisotopic (exact) mass is 486 g/mol. The molecule has 0 amide bonds. The van der Waals surface area contributed by atoms with Crippen molar-refractivity contribution in [2.24, 2.45) is 0 Å². The highest BCUT2D eigenvalue weighted by Gasteiger charge is 2.13. The van der Waals surface area contributed by atoms with Gasteiger partial charge in [0.1, 0.15) is 0 Å². The molecule has 178 valence electrons. The highest BCUT2D eigenvalue weighted by molar-refractivity contribution is 5.94. The zero-order valence-corrected chi connectivity index (χ0v) is 20.5. The molecule has 0 saturated heterocycles. The van der Waals surface area contributed by atoms with Crippen LogP contribution in [0.25, 0.3) is 67.1 Å². The van der Waals surface area contributed by atoms with Gasteiger partial charge in [0, 0.05) is 33.0 Å². The van der Waals surface area contributed by atoms with Crippen LogP contribution in [0.3, 0.4) is 0 Å². The van der Waals surface area contributed by atoms with Gasteiger partial charge in [-0.1, -0.05) is 121 Å². The minimum Gasteiger partial charge on any atom is -0.228 e. The molecule has 4 heteroatoms. The Morgan fingerprint density at radius 2 is 0.658 bits per heavy atom. The molecular formula is C34H22N4. The molecule has 0 aliphatic heterocycles. The first-order valence-electron chi connectivity index (χ1n) is 12.6. The molecule has 0 unspecified atom stereocenters. The molecule has 7 aromatic rings. The van der Waals surface area contributed by atoms with Gasteiger partial charge in [-0.05, 0) is 12.1 Å². The summed E-state index contributed by atoms with van der Waals surface area (Å²) in [7, 11) is 0. The van der Waals surface area contributed by atoms with Gasteiger partial charge in [0.05, 0.1) is 22.4 Å². The highest BCUT2D eigenvalue weighted by atomic mass is 14.9. The molecule has 2 heterocycles. The number of aromatic nitrogens is 4. The predicted octanol–water partition coefficient (Wildman–Crippen LogP) is 8.24. The minimum atomic E-state index is 0.693. The predicted molar refractivity (Wildman–Crippen MR) is 154 cm³/mol. The van der Waals surface area contributed by atoms with E-state index >= 15 is 0 Å². The highest BCUT2D eigenvalue weighted by Crippen LogP contribution is 2.31. The van der Waals surface area contributed by atoms with E-state index in [2.05, 4.69) is 60.7 Å². The fourth-order valence-electron chi connectivity index (χ4n) is 4.81. The average Bonchev–Trinajstić information content (AvgIpc) is 3.01. The van der Waals surface area contributed by atoms with Crippen LogP contribution in [0.5, 0.6) is 0 Å². The normalized spacial score (nSPS) is 11.2. The lowest BCUT2D eigenvalue weighted by atomic mass is 10.0. The van der Waals surface area contributed by atoms with Crippen molar-refractivity contribution >= 4 is 21.8 Å². The Balaban J connectivity index is 1.33. The van der Waals surface area contributed by atoms with Crippen LogP contribution in [0.1, 0.15) is 0 Å². The summed E-state index contributed by atoms with van der Waals surface area (Å²) in [4.78, 5) is 19.8. The van der Waals surface area contributed by atoms with Crippen molar-refractivity contribution in [3.63, 3.8) is 0 Å². The SMILES string of the molecule is c1ccc(-c2nc(-c3ccc(-c4nc(-c5ccccc5)c5ccccc5n4)cc3)nc3ccccc23)cc1. The van der Waals surface area contributed by atoms with Gasteiger partial charge in [0.25, 0.3) is 0 Å². The number of benzene rings is 5. The van der Waals surface area contributed by atoms with Gasteiger partial charge in [0.2, 0.25) is 0 Å². The maximum absolute atomic E-state index is 5.00. The van der Waals surface area contributed by atoms with Crippen LogP contribution in [0.2, 0.25) is 0 Å². The molecule has 0 saturated carbocycles. The van der Waals surface area contributed by atoms with E-state index in [0.717, 1.165) is 55.4 Å². The van der Waals surface area contributed by atoms with E-state index in [1.165, 1.54) is 0 Å². The van der Waals surface area contributed by atoms with Crippen LogP contribution in [0.4, 0.5) is 0 Å². The van der Waals surface area contributed by atoms with Crippen molar-refractivity contribution in [1.82, 2.24) is 19.9 Å². The van der Waals surface area contributed by atoms with Gasteiger partial charge >= 0.3 is 0 Å². The van der Waals surface area contributed by atoms with E-state index in [1.807, 2.05) is 72.8 Å². The number of hydrogen-bond acceptors (Lipinski definition) is 4. The zero-order valence-electron chi connectivity index (χ0n) is 20.5. The molecule has 2 aromatic heterocycles. The second kappa shape index (κ2) is 9.34. The Kier molecular flexibility index (Phi) is 5.41. The lowest BCUT2D eigenvalue weighted by molar-refractivity contribution is 1.22. The van der Waals surface area contributed by atoms with Crippen LogP contribution in [-0.4, -0.2) is 19.9 Å². The van der Waals surface area contributed by atoms with Gasteiger partial charge in [0.15, 0.2) is 11.6 Å². The Bertz CT molecular complexity index is 1760. The lowest BCUT2D eigenvalue weighted by Gasteiger charge is -2.11. The maximum Gasteiger partial charge on any atom is 0.160 e. The molecule has 0 spiro atoms. The molecule has 0 fully saturated rings. The summed E-state index contributed by atoms with van der Waals surface area (Å²) in [6.07, 6.45) is 0. The van der Waals surface area contributed by atoms with E-state index in [-0.39, 0.29) is 0 Å². The molecular weight excluding hydrogens is 464 g/mol. The number of fused-ring (bicyclic) bond motifs is 2. The van der Waals surface area contributed by atoms with Gasteiger partial charge < -0.3 is 0 Å². The van der Waals surface area contributed by atoms with Crippen molar-refractivity contribution in [3.05, 3.63) is 133 Å². The quantitative estimate of drug-likeness (QED) is 0.251. The smallest absolute Gasteiger partial charge is 0.160 e. The molecule has 0 radical (unpaired) electrons. The molecule has 0 bridgehead atoms. The molecule has 0 N–H and O–H groups in total. The average molecular weight is 487 g/mol. The van der Waals surface area contributed by atoms with Gasteiger partial charge in [-0.15, -0.1) is 0 Å². The summed E-state index contributed by atoms with van der Waals surface area (Å²) >= 11 is 0. The third kappa shape index (κ3) is 3.98. The first-order chi connectivity index (χ1) is 18.8. The van der Waals surface area contributed by atoms with Crippen LogP contribution < -0.4 is 0 Å². The molecule has 0 aliphatic carbocycles. The molecule has 38 heavy (non-hydrogen) atoms. The summed E-state index contributed by atoms with van der Waals surface area (Å²) in [6, 6.07) is 45.0. The van der Waals surface area contributed by atoms with Crippen molar-refractivity contribution < 1.29 is 0 Å². The first-order valence-corrected chi connectivity index (χ1v) is 12.6. The van der Waals surface area contributed by atoms with E-state index < -0.39 is 0 Å². The number of nitrogens with zero attached hydrogens (tertiary/aromatic N) is 4. The summed E-state index contributed by atoms with van der Waals surface area (Å²) in [5.74, 6) is 1.39. The standard InChI is InChI=1S/C34H22N4/c1-3-11-23(12-4-1)31-27-15-7-9-17-29(27)35-33(37-31)25-19-21-26(22-20-25)34-36-30-18-10-8-16-28(30)32(38-34)24-13-5-2-6-14-24/h1-22H. The van der Waals surface area contributed by atoms with Crippen molar-refractivity contribution in [2.45, 2.75) is 0 Å². The summed E-state index contributed by atoms with van der Waals surface area (Å²) in [5.41, 5.74) is 7.74. The number of hydrogen-bond donors (Lipinski definition) is 0. The van der Waals surface area contributed by atoms with Gasteiger partial charge in [-0.3, -0.25) is 0 Å². The Morgan fingerprint density at radius 1 is 0.289 bits per heavy atom. The molecule has 0 atom stereocenters. The zero-order chi connectivity index (χ0) is 25.3. The van der Waals surface area contributed by atoms with E-state index in [9.17, 15) is 0 Å². The maximum atomic E-state index is 5.00. The molecule has 7 rings (SSSR count). The second-order valence-electron chi connectivity index (χ2n) is 9.14. The Morgan fingerprint density at radius 3 is 1.08 bits per heavy atom. The third-order valence-corrected chi connectivity index (χ3v) is 6.70. The summed E-state index contributed by atoms with van der Waals surface area (Å²) in [6.45, 7) is 0. The van der Waals surface area contributed by atoms with Crippen molar-refractivity contribution in [1.29, 1.82) is 0 Å². The number of rotatable bonds is 4. The Labute approximate surface area is 220 Å². The van der Waals surface area contributed by atoms with Gasteiger partial charge in [-0.25, -0.2) is 19.9 Å². The summed E-state index contributed by atoms with van der Waals surface area (Å²) < 4.78 is 0. The largest absolute Gasteiger partial charge is 0.228 e. The minimum absolute atomic E-state index is 0.693. The fraction of sp³-hybridized carbons (Fsp3) is 0. The lowest BCUT2D eigenvalue weighted by Crippen LogP contribution is -1.96. The van der Waals surface area contributed by atoms with E-state index in [4.69, 9.17) is 19.9 Å². The van der Waals surface area contributed by atoms with Crippen LogP contribution in [-0.2, 0) is 0 Å². The van der Waals surface area contributed by atoms with Crippen LogP contribution in [0, 0.1) is 0 Å². The number of para-hydroxylation sites is 2. The molecule has 4 nitrogen and oxygen atoms in total. The van der Waals surface area contributed by atoms with Crippen LogP contribution in [0.15, 0.2) is 133 Å². The molecule has 0 aliphatic rings. The fourth-order valence-corrected chi connectivity index (χ4v) is 4.81. The van der Waals surface area contributed by atoms with E-state index in [0.29, 0.717) is 11.6 Å². The topological polar surface area (TPSA) is 51.6 Å². The van der Waals surface area contributed by atoms with E-state index in [1.54, 1.807) is 0 Å². The third-order valence-electron chi connectivity index (χ3n) is 6.70. The van der Waals surface area contributed by atoms with Crippen LogP contribution >= 0.6 is 0 Å². The first kappa shape index (κ1) is 22.0. The Hall–Kier alpha value is -5.22. The van der Waals surface area contributed by atoms with Crippen molar-refractivity contribution in [2.75, 3.05) is 0 Å². The van der Waals surface area contributed by atoms with Gasteiger partial charge in [-0.2, -0.15) is 0 Å². The molecule has 5 aromatic carbocycles. The van der Waals surface area contributed by atoms with Crippen molar-refractivity contribution in [3.8, 4) is 45.3 Å². The summed E-state index contributed by atoms with van der Waals surface area (Å²) in [5, 5.41) is 2.08. The second-order valence-corrected chi connectivity index (χ2v) is 9.14.